The minimum Gasteiger partial charge on any atom is -0.320 e. The van der Waals surface area contributed by atoms with Crippen molar-refractivity contribution >= 4 is 40.6 Å². The second kappa shape index (κ2) is 8.25. The van der Waals surface area contributed by atoms with Gasteiger partial charge in [-0.05, 0) is 25.1 Å². The Labute approximate surface area is 159 Å². The van der Waals surface area contributed by atoms with E-state index in [1.165, 1.54) is 29.2 Å². The van der Waals surface area contributed by atoms with Crippen LogP contribution in [-0.4, -0.2) is 20.7 Å². The van der Waals surface area contributed by atoms with Crippen molar-refractivity contribution in [2.45, 2.75) is 19.9 Å². The number of nitrogens with one attached hydrogen (secondary N) is 1. The molecule has 3 rings (SSSR count). The molecule has 0 fully saturated rings. The molecule has 0 aliphatic rings. The zero-order valence-electron chi connectivity index (χ0n) is 13.9. The maximum atomic E-state index is 13.7. The molecule has 26 heavy (non-hydrogen) atoms. The Bertz CT molecular complexity index is 930. The highest BCUT2D eigenvalue weighted by molar-refractivity contribution is 7.09. The van der Waals surface area contributed by atoms with E-state index in [0.717, 1.165) is 12.1 Å². The molecule has 2 heterocycles. The molecule has 0 atom stereocenters. The van der Waals surface area contributed by atoms with E-state index in [1.807, 2.05) is 12.4 Å². The number of hydrogen-bond donors (Lipinski definition) is 1. The third-order valence-corrected chi connectivity index (χ3v) is 5.04. The van der Waals surface area contributed by atoms with Gasteiger partial charge in [0.15, 0.2) is 0 Å². The number of carbonyl (C=O) groups excluding carboxylic acids is 1. The second-order valence-electron chi connectivity index (χ2n) is 5.56. The van der Waals surface area contributed by atoms with Crippen LogP contribution in [0.15, 0.2) is 42.2 Å². The van der Waals surface area contributed by atoms with Gasteiger partial charge in [-0.25, -0.2) is 9.37 Å². The lowest BCUT2D eigenvalue weighted by atomic mass is 10.2. The summed E-state index contributed by atoms with van der Waals surface area (Å²) in [6, 6.07) is 4.37. The molecular weight excluding hydrogens is 375 g/mol. The number of hydrogen-bond acceptors (Lipinski definition) is 4. The van der Waals surface area contributed by atoms with E-state index in [0.29, 0.717) is 12.2 Å². The zero-order chi connectivity index (χ0) is 18.5. The van der Waals surface area contributed by atoms with E-state index in [1.54, 1.807) is 34.5 Å². The first-order valence-electron chi connectivity index (χ1n) is 7.87. The van der Waals surface area contributed by atoms with Crippen molar-refractivity contribution in [2.24, 2.45) is 0 Å². The Kier molecular flexibility index (Phi) is 5.80. The van der Waals surface area contributed by atoms with E-state index >= 15 is 0 Å². The van der Waals surface area contributed by atoms with E-state index in [4.69, 9.17) is 11.6 Å². The number of amides is 1. The molecule has 0 aliphatic carbocycles. The lowest BCUT2D eigenvalue weighted by Gasteiger charge is -2.01. The van der Waals surface area contributed by atoms with Gasteiger partial charge in [0.05, 0.1) is 28.1 Å². The molecule has 0 spiro atoms. The van der Waals surface area contributed by atoms with Crippen molar-refractivity contribution in [1.82, 2.24) is 14.8 Å². The van der Waals surface area contributed by atoms with Crippen molar-refractivity contribution < 1.29 is 9.18 Å². The SMILES string of the molecule is Cc1ncsc1CCn1cc(NC(=O)C=Cc2c(F)cccc2Cl)cn1. The molecule has 8 heteroatoms. The molecule has 1 N–H and O–H groups in total. The van der Waals surface area contributed by atoms with Gasteiger partial charge < -0.3 is 5.32 Å². The lowest BCUT2D eigenvalue weighted by molar-refractivity contribution is -0.111. The maximum Gasteiger partial charge on any atom is 0.248 e. The number of anilines is 1. The predicted molar refractivity (Wildman–Crippen MR) is 102 cm³/mol. The average Bonchev–Trinajstić information content (AvgIpc) is 3.21. The molecule has 5 nitrogen and oxygen atoms in total. The first-order valence-corrected chi connectivity index (χ1v) is 9.13. The Hall–Kier alpha value is -2.51. The van der Waals surface area contributed by atoms with Crippen LogP contribution in [0.4, 0.5) is 10.1 Å². The summed E-state index contributed by atoms with van der Waals surface area (Å²) in [4.78, 5) is 17.4. The van der Waals surface area contributed by atoms with Gasteiger partial charge in [0, 0.05) is 35.7 Å². The van der Waals surface area contributed by atoms with Gasteiger partial charge in [0.25, 0.3) is 0 Å². The standard InChI is InChI=1S/C18H16ClFN4OS/c1-12-17(26-11-21-12)7-8-24-10-13(9-22-24)23-18(25)6-5-14-15(19)3-2-4-16(14)20/h2-6,9-11H,7-8H2,1H3,(H,23,25). The number of thiazole rings is 1. The topological polar surface area (TPSA) is 59.8 Å². The maximum absolute atomic E-state index is 13.7. The highest BCUT2D eigenvalue weighted by Gasteiger charge is 2.06. The Balaban J connectivity index is 1.57. The first kappa shape index (κ1) is 18.3. The largest absolute Gasteiger partial charge is 0.320 e. The van der Waals surface area contributed by atoms with E-state index in [2.05, 4.69) is 15.4 Å². The van der Waals surface area contributed by atoms with E-state index in [-0.39, 0.29) is 16.5 Å². The van der Waals surface area contributed by atoms with Gasteiger partial charge >= 0.3 is 0 Å². The van der Waals surface area contributed by atoms with Gasteiger partial charge in [-0.15, -0.1) is 11.3 Å². The summed E-state index contributed by atoms with van der Waals surface area (Å²) in [7, 11) is 0. The zero-order valence-corrected chi connectivity index (χ0v) is 15.5. The van der Waals surface area contributed by atoms with Crippen molar-refractivity contribution in [3.05, 3.63) is 69.2 Å². The van der Waals surface area contributed by atoms with Crippen LogP contribution < -0.4 is 5.32 Å². The van der Waals surface area contributed by atoms with Crippen LogP contribution >= 0.6 is 22.9 Å². The molecule has 1 amide bonds. The molecule has 0 unspecified atom stereocenters. The molecule has 3 aromatic rings. The monoisotopic (exact) mass is 390 g/mol. The Morgan fingerprint density at radius 1 is 1.46 bits per heavy atom. The van der Waals surface area contributed by atoms with E-state index in [9.17, 15) is 9.18 Å². The van der Waals surface area contributed by atoms with Crippen molar-refractivity contribution in [1.29, 1.82) is 0 Å². The molecular formula is C18H16ClFN4OS. The summed E-state index contributed by atoms with van der Waals surface area (Å²) < 4.78 is 15.4. The van der Waals surface area contributed by atoms with Crippen LogP contribution in [0.25, 0.3) is 6.08 Å². The number of carbonyl (C=O) groups is 1. The van der Waals surface area contributed by atoms with Gasteiger partial charge in [-0.1, -0.05) is 17.7 Å². The second-order valence-corrected chi connectivity index (χ2v) is 6.91. The quantitative estimate of drug-likeness (QED) is 0.637. The number of nitrogens with zero attached hydrogens (tertiary/aromatic N) is 3. The fourth-order valence-electron chi connectivity index (χ4n) is 2.35. The molecule has 0 saturated heterocycles. The van der Waals surface area contributed by atoms with Gasteiger partial charge in [-0.3, -0.25) is 9.48 Å². The fraction of sp³-hybridized carbons (Fsp3) is 0.167. The first-order chi connectivity index (χ1) is 12.5. The molecule has 0 bridgehead atoms. The molecule has 134 valence electrons. The predicted octanol–water partition coefficient (Wildman–Crippen LogP) is 4.34. The molecule has 0 saturated carbocycles. The Morgan fingerprint density at radius 3 is 3.04 bits per heavy atom. The lowest BCUT2D eigenvalue weighted by Crippen LogP contribution is -2.07. The summed E-state index contributed by atoms with van der Waals surface area (Å²) in [5, 5.41) is 7.17. The molecule has 0 aliphatic heterocycles. The fourth-order valence-corrected chi connectivity index (χ4v) is 3.34. The normalized spacial score (nSPS) is 11.2. The van der Waals surface area contributed by atoms with Crippen molar-refractivity contribution in [2.75, 3.05) is 5.32 Å². The minimum atomic E-state index is -0.479. The average molecular weight is 391 g/mol. The number of benzene rings is 1. The minimum absolute atomic E-state index is 0.180. The smallest absolute Gasteiger partial charge is 0.248 e. The number of halogens is 2. The summed E-state index contributed by atoms with van der Waals surface area (Å²) in [6.07, 6.45) is 6.74. The van der Waals surface area contributed by atoms with Crippen LogP contribution in [0.1, 0.15) is 16.1 Å². The molecule has 0 radical (unpaired) electrons. The van der Waals surface area contributed by atoms with Gasteiger partial charge in [0.1, 0.15) is 5.82 Å². The third-order valence-electron chi connectivity index (χ3n) is 3.71. The highest BCUT2D eigenvalue weighted by atomic mass is 35.5. The molecule has 1 aromatic carbocycles. The van der Waals surface area contributed by atoms with Crippen molar-refractivity contribution in [3.63, 3.8) is 0 Å². The van der Waals surface area contributed by atoms with Crippen LogP contribution in [0, 0.1) is 12.7 Å². The molecule has 2 aromatic heterocycles. The summed E-state index contributed by atoms with van der Waals surface area (Å²) >= 11 is 7.55. The summed E-state index contributed by atoms with van der Waals surface area (Å²) in [5.74, 6) is -0.866. The van der Waals surface area contributed by atoms with Gasteiger partial charge in [0.2, 0.25) is 5.91 Å². The van der Waals surface area contributed by atoms with Crippen LogP contribution in [-0.2, 0) is 17.8 Å². The van der Waals surface area contributed by atoms with Crippen LogP contribution in [0.3, 0.4) is 0 Å². The summed E-state index contributed by atoms with van der Waals surface area (Å²) in [5.41, 5.74) is 3.61. The number of aryl methyl sites for hydroxylation is 3. The third kappa shape index (κ3) is 4.56. The number of rotatable bonds is 6. The highest BCUT2D eigenvalue weighted by Crippen LogP contribution is 2.20. The van der Waals surface area contributed by atoms with Crippen LogP contribution in [0.5, 0.6) is 0 Å². The number of aromatic nitrogens is 3. The van der Waals surface area contributed by atoms with Crippen LogP contribution in [0.2, 0.25) is 5.02 Å². The van der Waals surface area contributed by atoms with Gasteiger partial charge in [-0.2, -0.15) is 5.10 Å². The van der Waals surface area contributed by atoms with E-state index < -0.39 is 5.82 Å². The Morgan fingerprint density at radius 2 is 2.31 bits per heavy atom. The van der Waals surface area contributed by atoms with Crippen molar-refractivity contribution in [3.8, 4) is 0 Å². The summed E-state index contributed by atoms with van der Waals surface area (Å²) in [6.45, 7) is 2.67.